The predicted molar refractivity (Wildman–Crippen MR) is 66.7 cm³/mol. The molecule has 0 spiro atoms. The fourth-order valence-electron chi connectivity index (χ4n) is 1.20. The maximum Gasteiger partial charge on any atom is 0.250 e. The maximum atomic E-state index is 11.9. The van der Waals surface area contributed by atoms with Gasteiger partial charge in [0.15, 0.2) is 6.29 Å². The van der Waals surface area contributed by atoms with E-state index in [9.17, 15) is 8.42 Å². The van der Waals surface area contributed by atoms with E-state index in [-0.39, 0.29) is 6.54 Å². The summed E-state index contributed by atoms with van der Waals surface area (Å²) in [6, 6.07) is 3.43. The first-order valence-electron chi connectivity index (χ1n) is 5.17. The van der Waals surface area contributed by atoms with E-state index < -0.39 is 16.3 Å². The molecule has 0 amide bonds. The minimum atomic E-state index is -3.46. The summed E-state index contributed by atoms with van der Waals surface area (Å²) in [5.74, 6) is 0. The van der Waals surface area contributed by atoms with Crippen molar-refractivity contribution in [3.05, 3.63) is 17.0 Å². The molecule has 98 valence electrons. The SMILES string of the molecule is CCc1ccc(S(=O)(=O)NCC(OC)OC)s1. The Kier molecular flexibility index (Phi) is 5.54. The highest BCUT2D eigenvalue weighted by atomic mass is 32.2. The van der Waals surface area contributed by atoms with Crippen LogP contribution in [0.1, 0.15) is 11.8 Å². The molecule has 0 aliphatic heterocycles. The third-order valence-corrected chi connectivity index (χ3v) is 5.36. The van der Waals surface area contributed by atoms with Gasteiger partial charge in [-0.05, 0) is 18.6 Å². The van der Waals surface area contributed by atoms with Crippen molar-refractivity contribution >= 4 is 21.4 Å². The van der Waals surface area contributed by atoms with E-state index >= 15 is 0 Å². The number of rotatable bonds is 7. The number of hydrogen-bond donors (Lipinski definition) is 1. The molecule has 0 fully saturated rings. The first-order valence-corrected chi connectivity index (χ1v) is 7.47. The molecule has 7 heteroatoms. The monoisotopic (exact) mass is 279 g/mol. The first-order chi connectivity index (χ1) is 8.03. The number of sulfonamides is 1. The lowest BCUT2D eigenvalue weighted by Crippen LogP contribution is -2.33. The van der Waals surface area contributed by atoms with Gasteiger partial charge in [0, 0.05) is 19.1 Å². The second-order valence-electron chi connectivity index (χ2n) is 3.33. The summed E-state index contributed by atoms with van der Waals surface area (Å²) < 4.78 is 36.4. The molecular formula is C10H17NO4S2. The molecule has 0 saturated carbocycles. The average molecular weight is 279 g/mol. The lowest BCUT2D eigenvalue weighted by atomic mass is 10.4. The van der Waals surface area contributed by atoms with Gasteiger partial charge in [-0.2, -0.15) is 0 Å². The molecule has 1 rings (SSSR count). The lowest BCUT2D eigenvalue weighted by Gasteiger charge is -2.13. The zero-order chi connectivity index (χ0) is 12.9. The van der Waals surface area contributed by atoms with Gasteiger partial charge in [-0.25, -0.2) is 13.1 Å². The number of nitrogens with one attached hydrogen (secondary N) is 1. The van der Waals surface area contributed by atoms with Crippen LogP contribution in [0.25, 0.3) is 0 Å². The second-order valence-corrected chi connectivity index (χ2v) is 6.49. The number of hydrogen-bond acceptors (Lipinski definition) is 5. The number of thiophene rings is 1. The van der Waals surface area contributed by atoms with Gasteiger partial charge in [0.2, 0.25) is 10.0 Å². The Morgan fingerprint density at radius 1 is 1.35 bits per heavy atom. The van der Waals surface area contributed by atoms with Gasteiger partial charge in [0.25, 0.3) is 0 Å². The summed E-state index contributed by atoms with van der Waals surface area (Å²) in [6.07, 6.45) is 0.259. The molecule has 1 N–H and O–H groups in total. The third kappa shape index (κ3) is 4.04. The Hall–Kier alpha value is -0.470. The summed E-state index contributed by atoms with van der Waals surface area (Å²) in [7, 11) is -0.534. The molecule has 0 atom stereocenters. The molecule has 0 aromatic carbocycles. The zero-order valence-electron chi connectivity index (χ0n) is 10.1. The third-order valence-electron chi connectivity index (χ3n) is 2.22. The Morgan fingerprint density at radius 2 is 2.00 bits per heavy atom. The molecular weight excluding hydrogens is 262 g/mol. The van der Waals surface area contributed by atoms with Crippen LogP contribution in [-0.2, 0) is 25.9 Å². The van der Waals surface area contributed by atoms with E-state index in [0.29, 0.717) is 4.21 Å². The maximum absolute atomic E-state index is 11.9. The van der Waals surface area contributed by atoms with Gasteiger partial charge in [0.1, 0.15) is 4.21 Å². The van der Waals surface area contributed by atoms with Gasteiger partial charge >= 0.3 is 0 Å². The lowest BCUT2D eigenvalue weighted by molar-refractivity contribution is -0.0960. The van der Waals surface area contributed by atoms with Crippen LogP contribution in [0, 0.1) is 0 Å². The molecule has 1 aromatic rings. The first kappa shape index (κ1) is 14.6. The van der Waals surface area contributed by atoms with E-state index in [2.05, 4.69) is 4.72 Å². The molecule has 17 heavy (non-hydrogen) atoms. The summed E-state index contributed by atoms with van der Waals surface area (Å²) in [5, 5.41) is 0. The molecule has 1 heterocycles. The van der Waals surface area contributed by atoms with E-state index in [1.807, 2.05) is 13.0 Å². The Labute approximate surface area is 106 Å². The zero-order valence-corrected chi connectivity index (χ0v) is 11.7. The number of aryl methyl sites for hydroxylation is 1. The molecule has 0 aliphatic rings. The number of ether oxygens (including phenoxy) is 2. The predicted octanol–water partition coefficient (Wildman–Crippen LogP) is 1.21. The minimum absolute atomic E-state index is 0.0920. The van der Waals surface area contributed by atoms with Crippen LogP contribution in [0.3, 0.4) is 0 Å². The van der Waals surface area contributed by atoms with Gasteiger partial charge in [-0.1, -0.05) is 6.92 Å². The summed E-state index contributed by atoms with van der Waals surface area (Å²) in [6.45, 7) is 2.08. The smallest absolute Gasteiger partial charge is 0.250 e. The molecule has 1 aromatic heterocycles. The van der Waals surface area contributed by atoms with Gasteiger partial charge in [0.05, 0.1) is 6.54 Å². The number of methoxy groups -OCH3 is 2. The molecule has 0 radical (unpaired) electrons. The van der Waals surface area contributed by atoms with E-state index in [1.54, 1.807) is 6.07 Å². The van der Waals surface area contributed by atoms with Crippen molar-refractivity contribution in [3.8, 4) is 0 Å². The fraction of sp³-hybridized carbons (Fsp3) is 0.600. The average Bonchev–Trinajstić information content (AvgIpc) is 2.79. The van der Waals surface area contributed by atoms with Crippen molar-refractivity contribution in [1.82, 2.24) is 4.72 Å². The van der Waals surface area contributed by atoms with Crippen molar-refractivity contribution in [3.63, 3.8) is 0 Å². The fourth-order valence-corrected chi connectivity index (χ4v) is 3.56. The molecule has 0 saturated heterocycles. The van der Waals surface area contributed by atoms with Gasteiger partial charge in [-0.15, -0.1) is 11.3 Å². The van der Waals surface area contributed by atoms with Crippen molar-refractivity contribution in [1.29, 1.82) is 0 Å². The van der Waals surface area contributed by atoms with Crippen LogP contribution in [0.15, 0.2) is 16.3 Å². The van der Waals surface area contributed by atoms with Crippen molar-refractivity contribution in [2.24, 2.45) is 0 Å². The molecule has 0 aliphatic carbocycles. The Balaban J connectivity index is 2.68. The van der Waals surface area contributed by atoms with Crippen LogP contribution in [0.5, 0.6) is 0 Å². The van der Waals surface area contributed by atoms with E-state index in [0.717, 1.165) is 11.3 Å². The van der Waals surface area contributed by atoms with E-state index in [1.165, 1.54) is 25.6 Å². The largest absolute Gasteiger partial charge is 0.355 e. The Morgan fingerprint density at radius 3 is 2.47 bits per heavy atom. The highest BCUT2D eigenvalue weighted by molar-refractivity contribution is 7.91. The summed E-state index contributed by atoms with van der Waals surface area (Å²) >= 11 is 1.27. The van der Waals surface area contributed by atoms with Crippen molar-refractivity contribution in [2.45, 2.75) is 23.8 Å². The molecule has 0 unspecified atom stereocenters. The van der Waals surface area contributed by atoms with Crippen LogP contribution in [-0.4, -0.2) is 35.5 Å². The quantitative estimate of drug-likeness (QED) is 0.762. The minimum Gasteiger partial charge on any atom is -0.355 e. The topological polar surface area (TPSA) is 64.6 Å². The molecule has 0 bridgehead atoms. The van der Waals surface area contributed by atoms with Crippen LogP contribution < -0.4 is 4.72 Å². The highest BCUT2D eigenvalue weighted by Gasteiger charge is 2.18. The van der Waals surface area contributed by atoms with Gasteiger partial charge < -0.3 is 9.47 Å². The summed E-state index contributed by atoms with van der Waals surface area (Å²) in [5.41, 5.74) is 0. The van der Waals surface area contributed by atoms with Crippen molar-refractivity contribution in [2.75, 3.05) is 20.8 Å². The Bertz CT molecular complexity index is 437. The standard InChI is InChI=1S/C10H17NO4S2/c1-4-8-5-6-10(16-8)17(12,13)11-7-9(14-2)15-3/h5-6,9,11H,4,7H2,1-3H3. The molecule has 5 nitrogen and oxygen atoms in total. The van der Waals surface area contributed by atoms with E-state index in [4.69, 9.17) is 9.47 Å². The van der Waals surface area contributed by atoms with Crippen LogP contribution in [0.4, 0.5) is 0 Å². The van der Waals surface area contributed by atoms with Crippen LogP contribution >= 0.6 is 11.3 Å². The van der Waals surface area contributed by atoms with Gasteiger partial charge in [-0.3, -0.25) is 0 Å². The highest BCUT2D eigenvalue weighted by Crippen LogP contribution is 2.21. The summed E-state index contributed by atoms with van der Waals surface area (Å²) in [4.78, 5) is 1.04. The van der Waals surface area contributed by atoms with Crippen LogP contribution in [0.2, 0.25) is 0 Å². The normalized spacial score (nSPS) is 12.2. The second kappa shape index (κ2) is 6.46. The van der Waals surface area contributed by atoms with Crippen molar-refractivity contribution < 1.29 is 17.9 Å².